The molecule has 0 spiro atoms. The van der Waals surface area contributed by atoms with Gasteiger partial charge in [0.2, 0.25) is 0 Å². The maximum absolute atomic E-state index is 12.9. The maximum Gasteiger partial charge on any atom is 0.254 e. The number of aryl methyl sites for hydroxylation is 1. The van der Waals surface area contributed by atoms with Gasteiger partial charge < -0.3 is 15.2 Å². The molecule has 8 nitrogen and oxygen atoms in total. The first kappa shape index (κ1) is 18.2. The fourth-order valence-corrected chi connectivity index (χ4v) is 3.59. The number of aliphatic hydroxyl groups is 1. The van der Waals surface area contributed by atoms with Crippen LogP contribution in [0.3, 0.4) is 0 Å². The maximum atomic E-state index is 12.9. The third-order valence-electron chi connectivity index (χ3n) is 5.17. The van der Waals surface area contributed by atoms with Gasteiger partial charge in [-0.05, 0) is 30.9 Å². The smallest absolute Gasteiger partial charge is 0.254 e. The van der Waals surface area contributed by atoms with Gasteiger partial charge in [0, 0.05) is 25.0 Å². The monoisotopic (exact) mass is 381 g/mol. The van der Waals surface area contributed by atoms with Crippen LogP contribution in [-0.2, 0) is 7.05 Å². The van der Waals surface area contributed by atoms with Crippen molar-refractivity contribution in [3.8, 4) is 11.4 Å². The second-order valence-electron chi connectivity index (χ2n) is 7.13. The minimum atomic E-state index is -0.297. The summed E-state index contributed by atoms with van der Waals surface area (Å²) in [4.78, 5) is 12.9. The Hall–Kier alpha value is -3.13. The van der Waals surface area contributed by atoms with Gasteiger partial charge in [-0.3, -0.25) is 9.48 Å². The van der Waals surface area contributed by atoms with Gasteiger partial charge in [-0.1, -0.05) is 12.1 Å². The summed E-state index contributed by atoms with van der Waals surface area (Å²) in [6.07, 6.45) is 7.91. The van der Waals surface area contributed by atoms with Crippen LogP contribution in [0.25, 0.3) is 5.69 Å². The van der Waals surface area contributed by atoms with E-state index >= 15 is 0 Å². The molecule has 1 fully saturated rings. The number of carbonyl (C=O) groups is 1. The molecule has 0 bridgehead atoms. The Morgan fingerprint density at radius 3 is 2.71 bits per heavy atom. The molecule has 2 N–H and O–H groups in total. The van der Waals surface area contributed by atoms with E-state index in [2.05, 4.69) is 15.5 Å². The van der Waals surface area contributed by atoms with E-state index in [0.29, 0.717) is 24.2 Å². The molecule has 0 radical (unpaired) electrons. The van der Waals surface area contributed by atoms with Crippen molar-refractivity contribution < 1.29 is 14.6 Å². The summed E-state index contributed by atoms with van der Waals surface area (Å²) in [5, 5.41) is 21.3. The lowest BCUT2D eigenvalue weighted by atomic mass is 9.75. The van der Waals surface area contributed by atoms with Crippen LogP contribution < -0.4 is 10.1 Å². The van der Waals surface area contributed by atoms with Crippen molar-refractivity contribution in [3.63, 3.8) is 0 Å². The van der Waals surface area contributed by atoms with Gasteiger partial charge in [0.25, 0.3) is 5.91 Å². The molecule has 1 saturated carbocycles. The van der Waals surface area contributed by atoms with Gasteiger partial charge in [-0.15, -0.1) is 0 Å². The van der Waals surface area contributed by atoms with E-state index in [9.17, 15) is 9.90 Å². The van der Waals surface area contributed by atoms with E-state index in [0.717, 1.165) is 11.3 Å². The van der Waals surface area contributed by atoms with Gasteiger partial charge in [0.15, 0.2) is 0 Å². The number of benzene rings is 1. The molecule has 2 aromatic heterocycles. The number of hydrogen-bond acceptors (Lipinski definition) is 5. The molecule has 1 aliphatic rings. The highest BCUT2D eigenvalue weighted by atomic mass is 16.5. The number of nitrogens with one attached hydrogen (secondary N) is 1. The van der Waals surface area contributed by atoms with Crippen LogP contribution in [0.15, 0.2) is 49.1 Å². The van der Waals surface area contributed by atoms with E-state index in [-0.39, 0.29) is 24.0 Å². The molecule has 0 aliphatic heterocycles. The van der Waals surface area contributed by atoms with Gasteiger partial charge in [-0.2, -0.15) is 10.2 Å². The second kappa shape index (κ2) is 7.47. The van der Waals surface area contributed by atoms with Crippen molar-refractivity contribution in [3.05, 3.63) is 60.2 Å². The molecule has 4 rings (SSSR count). The van der Waals surface area contributed by atoms with Crippen LogP contribution in [0.2, 0.25) is 0 Å². The summed E-state index contributed by atoms with van der Waals surface area (Å²) >= 11 is 0. The van der Waals surface area contributed by atoms with E-state index in [1.807, 2.05) is 37.5 Å². The van der Waals surface area contributed by atoms with Gasteiger partial charge in [0.05, 0.1) is 37.2 Å². The predicted octanol–water partition coefficient (Wildman–Crippen LogP) is 1.86. The van der Waals surface area contributed by atoms with E-state index < -0.39 is 0 Å². The van der Waals surface area contributed by atoms with Crippen LogP contribution in [0.1, 0.15) is 34.8 Å². The van der Waals surface area contributed by atoms with Crippen LogP contribution >= 0.6 is 0 Å². The summed E-state index contributed by atoms with van der Waals surface area (Å²) < 4.78 is 8.70. The number of aromatic nitrogens is 4. The molecule has 0 saturated heterocycles. The second-order valence-corrected chi connectivity index (χ2v) is 7.13. The van der Waals surface area contributed by atoms with Crippen molar-refractivity contribution in [2.75, 3.05) is 7.11 Å². The Labute approximate surface area is 162 Å². The summed E-state index contributed by atoms with van der Waals surface area (Å²) in [5.74, 6) is 0.651. The topological polar surface area (TPSA) is 94.2 Å². The number of carbonyl (C=O) groups excluding carboxylic acids is 1. The third-order valence-corrected chi connectivity index (χ3v) is 5.17. The van der Waals surface area contributed by atoms with Crippen molar-refractivity contribution in [1.82, 2.24) is 24.9 Å². The van der Waals surface area contributed by atoms with E-state index in [1.54, 1.807) is 28.9 Å². The first-order valence-electron chi connectivity index (χ1n) is 9.20. The van der Waals surface area contributed by atoms with Gasteiger partial charge in [0.1, 0.15) is 11.4 Å². The minimum Gasteiger partial charge on any atom is -0.494 e. The van der Waals surface area contributed by atoms with Gasteiger partial charge >= 0.3 is 0 Å². The normalized spacial score (nSPS) is 19.7. The average molecular weight is 381 g/mol. The Morgan fingerprint density at radius 2 is 2.04 bits per heavy atom. The molecule has 28 heavy (non-hydrogen) atoms. The van der Waals surface area contributed by atoms with Crippen molar-refractivity contribution in [2.45, 2.75) is 25.0 Å². The molecule has 1 atom stereocenters. The predicted molar refractivity (Wildman–Crippen MR) is 102 cm³/mol. The summed E-state index contributed by atoms with van der Waals surface area (Å²) in [5.41, 5.74) is 2.15. The molecule has 8 heteroatoms. The fourth-order valence-electron chi connectivity index (χ4n) is 3.59. The molecular formula is C20H23N5O3. The Bertz CT molecular complexity index is 974. The molecule has 1 amide bonds. The molecule has 1 aliphatic carbocycles. The van der Waals surface area contributed by atoms with Crippen LogP contribution in [0, 0.1) is 5.92 Å². The summed E-state index contributed by atoms with van der Waals surface area (Å²) in [6.45, 7) is 0. The number of para-hydroxylation sites is 2. The molecule has 3 aromatic rings. The quantitative estimate of drug-likeness (QED) is 0.680. The van der Waals surface area contributed by atoms with Crippen LogP contribution in [0.4, 0.5) is 0 Å². The minimum absolute atomic E-state index is 0.187. The lowest BCUT2D eigenvalue weighted by molar-refractivity contribution is 0.0235. The Balaban J connectivity index is 1.54. The Kier molecular flexibility index (Phi) is 4.87. The highest BCUT2D eigenvalue weighted by molar-refractivity contribution is 5.94. The van der Waals surface area contributed by atoms with Crippen LogP contribution in [-0.4, -0.2) is 43.8 Å². The number of aliphatic hydroxyl groups excluding tert-OH is 1. The molecular weight excluding hydrogens is 358 g/mol. The van der Waals surface area contributed by atoms with Crippen molar-refractivity contribution in [2.24, 2.45) is 13.0 Å². The zero-order valence-corrected chi connectivity index (χ0v) is 15.8. The molecule has 146 valence electrons. The molecule has 1 aromatic carbocycles. The standard InChI is InChI=1S/C20H23N5O3/c1-24-11-14(9-21-24)19(13-7-16(26)8-13)23-20(27)15-10-22-25(12-15)17-5-3-4-6-18(17)28-2/h3-6,9-13,16,19,26H,7-8H2,1-2H3,(H,23,27)/t13?,16?,19-/m0/s1. The highest BCUT2D eigenvalue weighted by Crippen LogP contribution is 2.38. The fraction of sp³-hybridized carbons (Fsp3) is 0.350. The van der Waals surface area contributed by atoms with Crippen LogP contribution in [0.5, 0.6) is 5.75 Å². The first-order valence-corrected chi connectivity index (χ1v) is 9.20. The van der Waals surface area contributed by atoms with E-state index in [4.69, 9.17) is 4.74 Å². The summed E-state index contributed by atoms with van der Waals surface area (Å²) in [7, 11) is 3.44. The number of hydrogen-bond donors (Lipinski definition) is 2. The highest BCUT2D eigenvalue weighted by Gasteiger charge is 2.36. The zero-order chi connectivity index (χ0) is 19.7. The lowest BCUT2D eigenvalue weighted by Crippen LogP contribution is -2.41. The zero-order valence-electron chi connectivity index (χ0n) is 15.8. The van der Waals surface area contributed by atoms with Gasteiger partial charge in [-0.25, -0.2) is 4.68 Å². The average Bonchev–Trinajstić information content (AvgIpc) is 3.33. The number of methoxy groups -OCH3 is 1. The number of nitrogens with zero attached hydrogens (tertiary/aromatic N) is 4. The number of ether oxygens (including phenoxy) is 1. The number of rotatable bonds is 6. The van der Waals surface area contributed by atoms with Crippen molar-refractivity contribution in [1.29, 1.82) is 0 Å². The SMILES string of the molecule is COc1ccccc1-n1cc(C(=O)N[C@H](c2cnn(C)c2)C2CC(O)C2)cn1. The largest absolute Gasteiger partial charge is 0.494 e. The Morgan fingerprint density at radius 1 is 1.25 bits per heavy atom. The molecule has 0 unspecified atom stereocenters. The third kappa shape index (κ3) is 3.50. The number of amides is 1. The lowest BCUT2D eigenvalue weighted by Gasteiger charge is -2.37. The summed E-state index contributed by atoms with van der Waals surface area (Å²) in [6, 6.07) is 7.29. The molecule has 2 heterocycles. The van der Waals surface area contributed by atoms with Crippen molar-refractivity contribution >= 4 is 5.91 Å². The first-order chi connectivity index (χ1) is 13.5. The van der Waals surface area contributed by atoms with E-state index in [1.165, 1.54) is 6.20 Å².